The zero-order chi connectivity index (χ0) is 18.5. The summed E-state index contributed by atoms with van der Waals surface area (Å²) in [6, 6.07) is 9.05. The molecule has 0 radical (unpaired) electrons. The van der Waals surface area contributed by atoms with Crippen molar-refractivity contribution in [1.29, 1.82) is 0 Å². The molecule has 0 fully saturated rings. The molecule has 2 heterocycles. The average molecular weight is 352 g/mol. The van der Waals surface area contributed by atoms with Gasteiger partial charge >= 0.3 is 0 Å². The quantitative estimate of drug-likeness (QED) is 0.738. The van der Waals surface area contributed by atoms with Crippen molar-refractivity contribution in [1.82, 2.24) is 19.9 Å². The van der Waals surface area contributed by atoms with Gasteiger partial charge in [-0.2, -0.15) is 0 Å². The van der Waals surface area contributed by atoms with Crippen LogP contribution in [-0.2, 0) is 6.54 Å². The van der Waals surface area contributed by atoms with Crippen molar-refractivity contribution < 1.29 is 14.3 Å². The minimum atomic E-state index is -0.232. The number of pyridine rings is 1. The van der Waals surface area contributed by atoms with E-state index in [-0.39, 0.29) is 12.5 Å². The number of amides is 1. The molecule has 0 unspecified atom stereocenters. The molecule has 0 saturated carbocycles. The van der Waals surface area contributed by atoms with Crippen LogP contribution in [0.25, 0.3) is 11.7 Å². The number of ether oxygens (including phenoxy) is 2. The molecule has 7 heteroatoms. The molecule has 7 nitrogen and oxygen atoms in total. The van der Waals surface area contributed by atoms with Crippen molar-refractivity contribution in [2.24, 2.45) is 0 Å². The van der Waals surface area contributed by atoms with Crippen LogP contribution >= 0.6 is 0 Å². The highest BCUT2D eigenvalue weighted by Gasteiger charge is 2.15. The van der Waals surface area contributed by atoms with Crippen LogP contribution in [-0.4, -0.2) is 34.7 Å². The first-order chi connectivity index (χ1) is 12.7. The summed E-state index contributed by atoms with van der Waals surface area (Å²) in [6.07, 6.45) is 5.60. The highest BCUT2D eigenvalue weighted by atomic mass is 16.5. The Morgan fingerprint density at radius 1 is 1.23 bits per heavy atom. The molecule has 0 aliphatic carbocycles. The fourth-order valence-electron chi connectivity index (χ4n) is 2.70. The highest BCUT2D eigenvalue weighted by molar-refractivity contribution is 5.95. The molecule has 134 valence electrons. The molecule has 26 heavy (non-hydrogen) atoms. The van der Waals surface area contributed by atoms with E-state index >= 15 is 0 Å². The van der Waals surface area contributed by atoms with Crippen LogP contribution in [0.4, 0.5) is 0 Å². The van der Waals surface area contributed by atoms with E-state index in [4.69, 9.17) is 9.47 Å². The number of hydrogen-bond donors (Lipinski definition) is 1. The van der Waals surface area contributed by atoms with Crippen molar-refractivity contribution in [3.63, 3.8) is 0 Å². The van der Waals surface area contributed by atoms with Gasteiger partial charge in [-0.25, -0.2) is 0 Å². The van der Waals surface area contributed by atoms with Gasteiger partial charge in [-0.1, -0.05) is 18.2 Å². The van der Waals surface area contributed by atoms with Crippen molar-refractivity contribution in [3.05, 3.63) is 59.6 Å². The molecule has 3 aromatic rings. The van der Waals surface area contributed by atoms with Gasteiger partial charge in [-0.3, -0.25) is 9.20 Å². The minimum Gasteiger partial charge on any atom is -0.493 e. The number of benzene rings is 1. The summed E-state index contributed by atoms with van der Waals surface area (Å²) in [5.74, 6) is 1.51. The van der Waals surface area contributed by atoms with Gasteiger partial charge in [-0.15, -0.1) is 10.2 Å². The SMILES string of the molecule is C/C=C/c1cc(C(=O)NCc2nnc3ccccn23)cc(OC)c1OC. The Bertz CT molecular complexity index is 963. The number of nitrogens with zero attached hydrogens (tertiary/aromatic N) is 3. The van der Waals surface area contributed by atoms with Gasteiger partial charge in [0, 0.05) is 17.3 Å². The topological polar surface area (TPSA) is 77.8 Å². The number of rotatable bonds is 6. The predicted molar refractivity (Wildman–Crippen MR) is 98.4 cm³/mol. The molecule has 0 bridgehead atoms. The van der Waals surface area contributed by atoms with Gasteiger partial charge in [0.2, 0.25) is 0 Å². The lowest BCUT2D eigenvalue weighted by molar-refractivity contribution is 0.0949. The maximum absolute atomic E-state index is 12.6. The molecule has 0 spiro atoms. The standard InChI is InChI=1S/C19H20N4O3/c1-4-7-13-10-14(11-15(25-2)18(13)26-3)19(24)20-12-17-22-21-16-8-5-6-9-23(16)17/h4-11H,12H2,1-3H3,(H,20,24)/b7-4+. The fourth-order valence-corrected chi connectivity index (χ4v) is 2.70. The fraction of sp³-hybridized carbons (Fsp3) is 0.211. The molecule has 0 aliphatic rings. The molecule has 2 aromatic heterocycles. The summed E-state index contributed by atoms with van der Waals surface area (Å²) in [5.41, 5.74) is 1.98. The second-order valence-electron chi connectivity index (χ2n) is 5.53. The number of hydrogen-bond acceptors (Lipinski definition) is 5. The molecule has 1 N–H and O–H groups in total. The van der Waals surface area contributed by atoms with Gasteiger partial charge in [-0.05, 0) is 31.2 Å². The first-order valence-electron chi connectivity index (χ1n) is 8.13. The lowest BCUT2D eigenvalue weighted by atomic mass is 10.1. The second kappa shape index (κ2) is 7.69. The Hall–Kier alpha value is -3.35. The third-order valence-electron chi connectivity index (χ3n) is 3.91. The predicted octanol–water partition coefficient (Wildman–Crippen LogP) is 2.71. The van der Waals surface area contributed by atoms with Crippen molar-refractivity contribution in [2.45, 2.75) is 13.5 Å². The summed E-state index contributed by atoms with van der Waals surface area (Å²) in [7, 11) is 3.11. The van der Waals surface area contributed by atoms with E-state index in [0.29, 0.717) is 22.9 Å². The van der Waals surface area contributed by atoms with Crippen LogP contribution in [0.1, 0.15) is 28.7 Å². The number of carbonyl (C=O) groups excluding carboxylic acids is 1. The number of methoxy groups -OCH3 is 2. The third-order valence-corrected chi connectivity index (χ3v) is 3.91. The Labute approximate surface area is 151 Å². The van der Waals surface area contributed by atoms with Gasteiger partial charge in [0.05, 0.1) is 20.8 Å². The summed E-state index contributed by atoms with van der Waals surface area (Å²) in [5, 5.41) is 11.1. The number of allylic oxidation sites excluding steroid dienone is 1. The van der Waals surface area contributed by atoms with Gasteiger partial charge < -0.3 is 14.8 Å². The zero-order valence-electron chi connectivity index (χ0n) is 14.9. The Morgan fingerprint density at radius 2 is 2.08 bits per heavy atom. The summed E-state index contributed by atoms with van der Waals surface area (Å²) >= 11 is 0. The maximum Gasteiger partial charge on any atom is 0.251 e. The molecule has 0 atom stereocenters. The Balaban J connectivity index is 1.84. The first kappa shape index (κ1) is 17.5. The lowest BCUT2D eigenvalue weighted by Gasteiger charge is -2.13. The zero-order valence-corrected chi connectivity index (χ0v) is 14.9. The van der Waals surface area contributed by atoms with Crippen molar-refractivity contribution in [2.75, 3.05) is 14.2 Å². The van der Waals surface area contributed by atoms with Crippen LogP contribution in [0.5, 0.6) is 11.5 Å². The molecule has 0 aliphatic heterocycles. The first-order valence-corrected chi connectivity index (χ1v) is 8.13. The average Bonchev–Trinajstić information content (AvgIpc) is 3.08. The molecule has 3 rings (SSSR count). The maximum atomic E-state index is 12.6. The van der Waals surface area contributed by atoms with E-state index in [0.717, 1.165) is 11.2 Å². The number of carbonyl (C=O) groups is 1. The van der Waals surface area contributed by atoms with Crippen LogP contribution in [0, 0.1) is 0 Å². The summed E-state index contributed by atoms with van der Waals surface area (Å²) in [6.45, 7) is 2.16. The minimum absolute atomic E-state index is 0.232. The lowest BCUT2D eigenvalue weighted by Crippen LogP contribution is -2.24. The molecule has 1 aromatic carbocycles. The second-order valence-corrected chi connectivity index (χ2v) is 5.53. The van der Waals surface area contributed by atoms with E-state index in [1.807, 2.05) is 47.9 Å². The van der Waals surface area contributed by atoms with Crippen LogP contribution in [0.15, 0.2) is 42.6 Å². The summed E-state index contributed by atoms with van der Waals surface area (Å²) < 4.78 is 12.6. The van der Waals surface area contributed by atoms with Crippen molar-refractivity contribution in [3.8, 4) is 11.5 Å². The van der Waals surface area contributed by atoms with Crippen LogP contribution < -0.4 is 14.8 Å². The van der Waals surface area contributed by atoms with Gasteiger partial charge in [0.1, 0.15) is 0 Å². The third kappa shape index (κ3) is 3.37. The van der Waals surface area contributed by atoms with E-state index in [1.54, 1.807) is 26.4 Å². The van der Waals surface area contributed by atoms with Gasteiger partial charge in [0.15, 0.2) is 23.0 Å². The largest absolute Gasteiger partial charge is 0.493 e. The van der Waals surface area contributed by atoms with Crippen LogP contribution in [0.3, 0.4) is 0 Å². The molecule has 1 amide bonds. The van der Waals surface area contributed by atoms with E-state index in [1.165, 1.54) is 0 Å². The number of fused-ring (bicyclic) bond motifs is 1. The Morgan fingerprint density at radius 3 is 2.81 bits per heavy atom. The summed E-state index contributed by atoms with van der Waals surface area (Å²) in [4.78, 5) is 12.6. The monoisotopic (exact) mass is 352 g/mol. The smallest absolute Gasteiger partial charge is 0.251 e. The normalized spacial score (nSPS) is 11.0. The van der Waals surface area contributed by atoms with E-state index < -0.39 is 0 Å². The number of aromatic nitrogens is 3. The van der Waals surface area contributed by atoms with Crippen LogP contribution in [0.2, 0.25) is 0 Å². The van der Waals surface area contributed by atoms with E-state index in [2.05, 4.69) is 15.5 Å². The highest BCUT2D eigenvalue weighted by Crippen LogP contribution is 2.33. The van der Waals surface area contributed by atoms with Crippen molar-refractivity contribution >= 4 is 17.6 Å². The van der Waals surface area contributed by atoms with E-state index in [9.17, 15) is 4.79 Å². The Kier molecular flexibility index (Phi) is 5.17. The molecular formula is C19H20N4O3. The molecular weight excluding hydrogens is 332 g/mol. The number of nitrogens with one attached hydrogen (secondary N) is 1. The molecule has 0 saturated heterocycles. The van der Waals surface area contributed by atoms with Gasteiger partial charge in [0.25, 0.3) is 5.91 Å².